The fourth-order valence-corrected chi connectivity index (χ4v) is 3.81. The van der Waals surface area contributed by atoms with E-state index in [0.29, 0.717) is 11.9 Å². The van der Waals surface area contributed by atoms with Gasteiger partial charge >= 0.3 is 0 Å². The van der Waals surface area contributed by atoms with E-state index in [9.17, 15) is 4.79 Å². The monoisotopic (exact) mass is 264 g/mol. The Balaban J connectivity index is 1.72. The topological polar surface area (TPSA) is 32.3 Å². The molecule has 1 aromatic heterocycles. The Morgan fingerprint density at radius 2 is 2.28 bits per heavy atom. The predicted octanol–water partition coefficient (Wildman–Crippen LogP) is 2.55. The maximum Gasteiger partial charge on any atom is 0.240 e. The van der Waals surface area contributed by atoms with Crippen LogP contribution in [0.15, 0.2) is 16.8 Å². The third-order valence-corrected chi connectivity index (χ3v) is 4.77. The second kappa shape index (κ2) is 5.41. The number of hydrogen-bond acceptors (Lipinski definition) is 3. The molecule has 1 aromatic rings. The first-order valence-corrected chi connectivity index (χ1v) is 7.86. The second-order valence-electron chi connectivity index (χ2n) is 5.25. The highest BCUT2D eigenvalue weighted by Gasteiger charge is 2.34. The van der Waals surface area contributed by atoms with E-state index < -0.39 is 0 Å². The molecule has 2 fully saturated rings. The van der Waals surface area contributed by atoms with Crippen molar-refractivity contribution in [2.45, 2.75) is 44.2 Å². The Hall–Kier alpha value is -0.870. The van der Waals surface area contributed by atoms with Gasteiger partial charge in [-0.2, -0.15) is 11.3 Å². The number of rotatable bonds is 2. The van der Waals surface area contributed by atoms with Gasteiger partial charge in [0.1, 0.15) is 0 Å². The Kier molecular flexibility index (Phi) is 3.66. The van der Waals surface area contributed by atoms with Crippen LogP contribution in [0, 0.1) is 0 Å². The molecule has 3 rings (SSSR count). The van der Waals surface area contributed by atoms with Gasteiger partial charge in [-0.05, 0) is 54.6 Å². The minimum Gasteiger partial charge on any atom is -0.334 e. The lowest BCUT2D eigenvalue weighted by atomic mass is 10.0. The van der Waals surface area contributed by atoms with Gasteiger partial charge in [0.25, 0.3) is 0 Å². The number of amides is 1. The van der Waals surface area contributed by atoms with Crippen LogP contribution in [0.4, 0.5) is 0 Å². The zero-order valence-corrected chi connectivity index (χ0v) is 11.4. The van der Waals surface area contributed by atoms with E-state index in [1.54, 1.807) is 11.3 Å². The van der Waals surface area contributed by atoms with Gasteiger partial charge in [-0.3, -0.25) is 4.79 Å². The van der Waals surface area contributed by atoms with E-state index in [0.717, 1.165) is 32.4 Å². The summed E-state index contributed by atoms with van der Waals surface area (Å²) in [4.78, 5) is 14.7. The van der Waals surface area contributed by atoms with Gasteiger partial charge in [0.05, 0.1) is 12.1 Å². The molecule has 0 bridgehead atoms. The van der Waals surface area contributed by atoms with Gasteiger partial charge in [0.2, 0.25) is 5.91 Å². The van der Waals surface area contributed by atoms with Crippen molar-refractivity contribution in [2.75, 3.05) is 13.1 Å². The van der Waals surface area contributed by atoms with Crippen molar-refractivity contribution in [2.24, 2.45) is 0 Å². The summed E-state index contributed by atoms with van der Waals surface area (Å²) in [5.74, 6) is 0.323. The number of piperidine rings is 1. The third-order valence-electron chi connectivity index (χ3n) is 4.07. The number of thiophene rings is 1. The summed E-state index contributed by atoms with van der Waals surface area (Å²) >= 11 is 1.72. The Morgan fingerprint density at radius 1 is 1.33 bits per heavy atom. The molecule has 1 amide bonds. The number of carbonyl (C=O) groups excluding carboxylic acids is 1. The quantitative estimate of drug-likeness (QED) is 0.890. The van der Waals surface area contributed by atoms with Crippen LogP contribution in [-0.2, 0) is 4.79 Å². The molecule has 2 aliphatic rings. The average molecular weight is 264 g/mol. The van der Waals surface area contributed by atoms with E-state index in [-0.39, 0.29) is 6.04 Å². The molecular weight excluding hydrogens is 244 g/mol. The first-order chi connectivity index (χ1) is 8.86. The summed E-state index contributed by atoms with van der Waals surface area (Å²) in [7, 11) is 0. The highest BCUT2D eigenvalue weighted by atomic mass is 32.1. The van der Waals surface area contributed by atoms with Gasteiger partial charge in [-0.1, -0.05) is 6.42 Å². The molecule has 98 valence electrons. The number of nitrogens with one attached hydrogen (secondary N) is 1. The average Bonchev–Trinajstić information content (AvgIpc) is 3.09. The zero-order valence-electron chi connectivity index (χ0n) is 10.6. The van der Waals surface area contributed by atoms with E-state index in [2.05, 4.69) is 27.0 Å². The fourth-order valence-electron chi connectivity index (χ4n) is 3.10. The molecule has 2 atom stereocenters. The molecule has 0 spiro atoms. The Labute approximate surface area is 112 Å². The number of carbonyl (C=O) groups is 1. The summed E-state index contributed by atoms with van der Waals surface area (Å²) in [6.45, 7) is 1.92. The van der Waals surface area contributed by atoms with Crippen molar-refractivity contribution in [1.82, 2.24) is 10.2 Å². The molecule has 0 saturated carbocycles. The van der Waals surface area contributed by atoms with Crippen LogP contribution in [0.2, 0.25) is 0 Å². The molecule has 1 unspecified atom stereocenters. The number of likely N-dealkylation sites (tertiary alicyclic amines) is 1. The van der Waals surface area contributed by atoms with Crippen LogP contribution >= 0.6 is 11.3 Å². The molecule has 0 aromatic carbocycles. The van der Waals surface area contributed by atoms with E-state index >= 15 is 0 Å². The highest BCUT2D eigenvalue weighted by Crippen LogP contribution is 2.33. The molecule has 18 heavy (non-hydrogen) atoms. The van der Waals surface area contributed by atoms with Crippen LogP contribution in [0.5, 0.6) is 0 Å². The van der Waals surface area contributed by atoms with Crippen LogP contribution in [0.25, 0.3) is 0 Å². The van der Waals surface area contributed by atoms with Crippen molar-refractivity contribution in [3.8, 4) is 0 Å². The maximum absolute atomic E-state index is 12.6. The summed E-state index contributed by atoms with van der Waals surface area (Å²) in [5, 5.41) is 7.66. The van der Waals surface area contributed by atoms with Gasteiger partial charge in [-0.25, -0.2) is 0 Å². The summed E-state index contributed by atoms with van der Waals surface area (Å²) < 4.78 is 0. The predicted molar refractivity (Wildman–Crippen MR) is 73.6 cm³/mol. The molecule has 1 N–H and O–H groups in total. The minimum atomic E-state index is 0.0676. The normalized spacial score (nSPS) is 28.6. The van der Waals surface area contributed by atoms with E-state index in [4.69, 9.17) is 0 Å². The summed E-state index contributed by atoms with van der Waals surface area (Å²) in [6.07, 6.45) is 5.65. The molecule has 4 heteroatoms. The lowest BCUT2D eigenvalue weighted by Crippen LogP contribution is -2.48. The van der Waals surface area contributed by atoms with Crippen molar-refractivity contribution < 1.29 is 4.79 Å². The first kappa shape index (κ1) is 12.2. The van der Waals surface area contributed by atoms with Crippen LogP contribution < -0.4 is 5.32 Å². The highest BCUT2D eigenvalue weighted by molar-refractivity contribution is 7.07. The van der Waals surface area contributed by atoms with Crippen molar-refractivity contribution in [3.63, 3.8) is 0 Å². The molecular formula is C14H20N2OS. The van der Waals surface area contributed by atoms with E-state index in [1.807, 2.05) is 0 Å². The summed E-state index contributed by atoms with van der Waals surface area (Å²) in [6, 6.07) is 2.56. The molecule has 2 aliphatic heterocycles. The zero-order chi connectivity index (χ0) is 12.4. The van der Waals surface area contributed by atoms with Crippen molar-refractivity contribution in [3.05, 3.63) is 22.4 Å². The molecule has 3 heterocycles. The lowest BCUT2D eigenvalue weighted by molar-refractivity contribution is -0.135. The summed E-state index contributed by atoms with van der Waals surface area (Å²) in [5.41, 5.74) is 1.32. The van der Waals surface area contributed by atoms with Gasteiger partial charge in [0, 0.05) is 6.54 Å². The molecule has 0 aliphatic carbocycles. The maximum atomic E-state index is 12.6. The lowest BCUT2D eigenvalue weighted by Gasteiger charge is -2.31. The third kappa shape index (κ3) is 2.31. The van der Waals surface area contributed by atoms with Crippen molar-refractivity contribution >= 4 is 17.2 Å². The number of hydrogen-bond donors (Lipinski definition) is 1. The first-order valence-electron chi connectivity index (χ1n) is 6.92. The van der Waals surface area contributed by atoms with E-state index in [1.165, 1.54) is 18.4 Å². The fraction of sp³-hybridized carbons (Fsp3) is 0.643. The van der Waals surface area contributed by atoms with Gasteiger partial charge < -0.3 is 10.2 Å². The van der Waals surface area contributed by atoms with Gasteiger partial charge in [-0.15, -0.1) is 0 Å². The molecule has 3 nitrogen and oxygen atoms in total. The van der Waals surface area contributed by atoms with Crippen LogP contribution in [0.1, 0.15) is 43.7 Å². The standard InChI is InChI=1S/C14H20N2OS/c17-14(12-4-1-2-7-15-12)16-8-3-5-13(16)11-6-9-18-10-11/h6,9-10,12-13,15H,1-5,7-8H2/t12-,13?/m0/s1. The Bertz CT molecular complexity index is 398. The smallest absolute Gasteiger partial charge is 0.240 e. The SMILES string of the molecule is O=C([C@@H]1CCCCN1)N1CCCC1c1ccsc1. The second-order valence-corrected chi connectivity index (χ2v) is 6.03. The minimum absolute atomic E-state index is 0.0676. The van der Waals surface area contributed by atoms with Crippen molar-refractivity contribution in [1.29, 1.82) is 0 Å². The molecule has 2 saturated heterocycles. The number of nitrogens with zero attached hydrogens (tertiary/aromatic N) is 1. The largest absolute Gasteiger partial charge is 0.334 e. The van der Waals surface area contributed by atoms with Gasteiger partial charge in [0.15, 0.2) is 0 Å². The Morgan fingerprint density at radius 3 is 3.00 bits per heavy atom. The van der Waals surface area contributed by atoms with Crippen LogP contribution in [-0.4, -0.2) is 29.9 Å². The van der Waals surface area contributed by atoms with Crippen LogP contribution in [0.3, 0.4) is 0 Å². The molecule has 0 radical (unpaired) electrons.